The van der Waals surface area contributed by atoms with Gasteiger partial charge in [-0.25, -0.2) is 0 Å². The molecule has 1 heterocycles. The molecule has 1 unspecified atom stereocenters. The topological polar surface area (TPSA) is 32.3 Å². The molecule has 3 heteroatoms. The summed E-state index contributed by atoms with van der Waals surface area (Å²) < 4.78 is 0. The van der Waals surface area contributed by atoms with Crippen LogP contribution in [0.2, 0.25) is 0 Å². The molecule has 1 atom stereocenters. The van der Waals surface area contributed by atoms with Crippen molar-refractivity contribution in [2.45, 2.75) is 19.8 Å². The molecule has 3 nitrogen and oxygen atoms in total. The van der Waals surface area contributed by atoms with Gasteiger partial charge in [0.25, 0.3) is 0 Å². The molecular formula is C9H18N2O. The predicted molar refractivity (Wildman–Crippen MR) is 48.9 cm³/mol. The molecule has 12 heavy (non-hydrogen) atoms. The molecule has 1 aliphatic heterocycles. The van der Waals surface area contributed by atoms with Crippen molar-refractivity contribution in [3.8, 4) is 0 Å². The lowest BCUT2D eigenvalue weighted by molar-refractivity contribution is -0.130. The van der Waals surface area contributed by atoms with Crippen LogP contribution in [0.1, 0.15) is 19.8 Å². The van der Waals surface area contributed by atoms with Crippen molar-refractivity contribution < 1.29 is 4.79 Å². The lowest BCUT2D eigenvalue weighted by Gasteiger charge is -2.16. The molecule has 1 N–H and O–H groups in total. The molecule has 0 spiro atoms. The standard InChI is InChI=1S/C9H18N2O/c1-3-11(2)9(12)6-8-4-5-10-7-8/h8,10H,3-7H2,1-2H3. The van der Waals surface area contributed by atoms with Gasteiger partial charge in [-0.3, -0.25) is 4.79 Å². The normalized spacial score (nSPS) is 22.7. The molecule has 1 amide bonds. The molecule has 1 fully saturated rings. The molecule has 1 aliphatic rings. The SMILES string of the molecule is CCN(C)C(=O)CC1CCNC1. The summed E-state index contributed by atoms with van der Waals surface area (Å²) >= 11 is 0. The van der Waals surface area contributed by atoms with E-state index in [2.05, 4.69) is 5.32 Å². The Bertz CT molecular complexity index is 153. The average Bonchev–Trinajstić information content (AvgIpc) is 2.55. The summed E-state index contributed by atoms with van der Waals surface area (Å²) in [6, 6.07) is 0. The van der Waals surface area contributed by atoms with Crippen molar-refractivity contribution in [1.82, 2.24) is 10.2 Å². The van der Waals surface area contributed by atoms with Crippen molar-refractivity contribution in [3.05, 3.63) is 0 Å². The van der Waals surface area contributed by atoms with Gasteiger partial charge in [0.1, 0.15) is 0 Å². The summed E-state index contributed by atoms with van der Waals surface area (Å²) in [5, 5.41) is 3.26. The number of nitrogens with one attached hydrogen (secondary N) is 1. The minimum Gasteiger partial charge on any atom is -0.346 e. The van der Waals surface area contributed by atoms with E-state index < -0.39 is 0 Å². The molecule has 0 aromatic rings. The monoisotopic (exact) mass is 170 g/mol. The van der Waals surface area contributed by atoms with Crippen LogP contribution in [0.5, 0.6) is 0 Å². The highest BCUT2D eigenvalue weighted by Crippen LogP contribution is 2.12. The number of nitrogens with zero attached hydrogens (tertiary/aromatic N) is 1. The zero-order valence-electron chi connectivity index (χ0n) is 7.97. The van der Waals surface area contributed by atoms with E-state index in [0.29, 0.717) is 5.92 Å². The number of hydrogen-bond acceptors (Lipinski definition) is 2. The summed E-state index contributed by atoms with van der Waals surface area (Å²) in [4.78, 5) is 13.2. The summed E-state index contributed by atoms with van der Waals surface area (Å²) in [5.74, 6) is 0.859. The number of carbonyl (C=O) groups is 1. The predicted octanol–water partition coefficient (Wildman–Crippen LogP) is 0.464. The molecular weight excluding hydrogens is 152 g/mol. The van der Waals surface area contributed by atoms with E-state index in [1.165, 1.54) is 0 Å². The molecule has 1 saturated heterocycles. The number of amides is 1. The van der Waals surface area contributed by atoms with Crippen LogP contribution >= 0.6 is 0 Å². The van der Waals surface area contributed by atoms with Crippen molar-refractivity contribution in [3.63, 3.8) is 0 Å². The zero-order valence-corrected chi connectivity index (χ0v) is 7.97. The third kappa shape index (κ3) is 2.48. The minimum absolute atomic E-state index is 0.284. The highest BCUT2D eigenvalue weighted by atomic mass is 16.2. The van der Waals surface area contributed by atoms with E-state index in [0.717, 1.165) is 32.5 Å². The van der Waals surface area contributed by atoms with Gasteiger partial charge >= 0.3 is 0 Å². The van der Waals surface area contributed by atoms with Crippen molar-refractivity contribution >= 4 is 5.91 Å². The van der Waals surface area contributed by atoms with Gasteiger partial charge in [-0.2, -0.15) is 0 Å². The van der Waals surface area contributed by atoms with Gasteiger partial charge < -0.3 is 10.2 Å². The lowest BCUT2D eigenvalue weighted by Crippen LogP contribution is -2.28. The average molecular weight is 170 g/mol. The van der Waals surface area contributed by atoms with E-state index in [1.54, 1.807) is 4.90 Å². The maximum atomic E-state index is 11.4. The van der Waals surface area contributed by atoms with Crippen LogP contribution < -0.4 is 5.32 Å². The van der Waals surface area contributed by atoms with E-state index in [-0.39, 0.29) is 5.91 Å². The summed E-state index contributed by atoms with van der Waals surface area (Å²) in [5.41, 5.74) is 0. The molecule has 0 bridgehead atoms. The van der Waals surface area contributed by atoms with E-state index >= 15 is 0 Å². The van der Waals surface area contributed by atoms with Crippen molar-refractivity contribution in [1.29, 1.82) is 0 Å². The molecule has 0 aromatic heterocycles. The Morgan fingerprint density at radius 1 is 1.67 bits per heavy atom. The third-order valence-corrected chi connectivity index (χ3v) is 2.53. The molecule has 0 aromatic carbocycles. The highest BCUT2D eigenvalue weighted by Gasteiger charge is 2.19. The first-order valence-corrected chi connectivity index (χ1v) is 4.68. The summed E-state index contributed by atoms with van der Waals surface area (Å²) in [7, 11) is 1.87. The maximum Gasteiger partial charge on any atom is 0.222 e. The third-order valence-electron chi connectivity index (χ3n) is 2.53. The van der Waals surface area contributed by atoms with Crippen LogP contribution in [0.4, 0.5) is 0 Å². The van der Waals surface area contributed by atoms with Crippen LogP contribution in [0.3, 0.4) is 0 Å². The van der Waals surface area contributed by atoms with E-state index in [1.807, 2.05) is 14.0 Å². The van der Waals surface area contributed by atoms with Gasteiger partial charge in [0.05, 0.1) is 0 Å². The first kappa shape index (κ1) is 9.52. The van der Waals surface area contributed by atoms with Gasteiger partial charge in [0.15, 0.2) is 0 Å². The second-order valence-corrected chi connectivity index (χ2v) is 3.47. The van der Waals surface area contributed by atoms with Crippen LogP contribution in [0, 0.1) is 5.92 Å². The molecule has 0 aliphatic carbocycles. The maximum absolute atomic E-state index is 11.4. The first-order chi connectivity index (χ1) is 5.74. The molecule has 0 radical (unpaired) electrons. The molecule has 1 rings (SSSR count). The molecule has 0 saturated carbocycles. The number of hydrogen-bond donors (Lipinski definition) is 1. The second-order valence-electron chi connectivity index (χ2n) is 3.47. The largest absolute Gasteiger partial charge is 0.346 e. The van der Waals surface area contributed by atoms with Crippen LogP contribution in [-0.2, 0) is 4.79 Å². The summed E-state index contributed by atoms with van der Waals surface area (Å²) in [6.45, 7) is 4.92. The highest BCUT2D eigenvalue weighted by molar-refractivity contribution is 5.76. The Balaban J connectivity index is 2.25. The minimum atomic E-state index is 0.284. The van der Waals surface area contributed by atoms with Crippen molar-refractivity contribution in [2.24, 2.45) is 5.92 Å². The van der Waals surface area contributed by atoms with Gasteiger partial charge in [-0.1, -0.05) is 0 Å². The van der Waals surface area contributed by atoms with Gasteiger partial charge in [0.2, 0.25) is 5.91 Å². The fraction of sp³-hybridized carbons (Fsp3) is 0.889. The van der Waals surface area contributed by atoms with E-state index in [4.69, 9.17) is 0 Å². The quantitative estimate of drug-likeness (QED) is 0.667. The molecule has 70 valence electrons. The fourth-order valence-electron chi connectivity index (χ4n) is 1.47. The Hall–Kier alpha value is -0.570. The Morgan fingerprint density at radius 3 is 2.92 bits per heavy atom. The zero-order chi connectivity index (χ0) is 8.97. The number of carbonyl (C=O) groups excluding carboxylic acids is 1. The van der Waals surface area contributed by atoms with E-state index in [9.17, 15) is 4.79 Å². The number of rotatable bonds is 3. The van der Waals surface area contributed by atoms with Gasteiger partial charge in [0, 0.05) is 20.0 Å². The van der Waals surface area contributed by atoms with Crippen LogP contribution in [-0.4, -0.2) is 37.5 Å². The first-order valence-electron chi connectivity index (χ1n) is 4.68. The van der Waals surface area contributed by atoms with Gasteiger partial charge in [-0.05, 0) is 32.4 Å². The van der Waals surface area contributed by atoms with Gasteiger partial charge in [-0.15, -0.1) is 0 Å². The smallest absolute Gasteiger partial charge is 0.222 e. The Morgan fingerprint density at radius 2 is 2.42 bits per heavy atom. The lowest BCUT2D eigenvalue weighted by atomic mass is 10.0. The summed E-state index contributed by atoms with van der Waals surface area (Å²) in [6.07, 6.45) is 1.88. The Labute approximate surface area is 74.1 Å². The van der Waals surface area contributed by atoms with Crippen LogP contribution in [0.25, 0.3) is 0 Å². The van der Waals surface area contributed by atoms with Crippen molar-refractivity contribution in [2.75, 3.05) is 26.7 Å². The van der Waals surface area contributed by atoms with Crippen LogP contribution in [0.15, 0.2) is 0 Å². The Kier molecular flexibility index (Phi) is 3.53. The fourth-order valence-corrected chi connectivity index (χ4v) is 1.47. The second kappa shape index (κ2) is 4.45.